The van der Waals surface area contributed by atoms with Crippen LogP contribution in [0, 0.1) is 0 Å². The van der Waals surface area contributed by atoms with Crippen LogP contribution in [0.3, 0.4) is 0 Å². The first-order valence-electron chi connectivity index (χ1n) is 10.2. The van der Waals surface area contributed by atoms with Crippen LogP contribution in [0.4, 0.5) is 0 Å². The zero-order valence-corrected chi connectivity index (χ0v) is 18.5. The molecule has 7 nitrogen and oxygen atoms in total. The molecular formula is C24H29NO6. The minimum absolute atomic E-state index is 0.00477. The van der Waals surface area contributed by atoms with Gasteiger partial charge in [-0.15, -0.1) is 0 Å². The third-order valence-electron chi connectivity index (χ3n) is 5.70. The molecule has 0 bridgehead atoms. The molecule has 3 rings (SSSR count). The monoisotopic (exact) mass is 427 g/mol. The van der Waals surface area contributed by atoms with E-state index >= 15 is 0 Å². The highest BCUT2D eigenvalue weighted by Crippen LogP contribution is 2.39. The molecule has 1 unspecified atom stereocenters. The smallest absolute Gasteiger partial charge is 0.307 e. The minimum atomic E-state index is -0.403. The summed E-state index contributed by atoms with van der Waals surface area (Å²) in [6, 6.07) is 11.1. The van der Waals surface area contributed by atoms with Gasteiger partial charge in [0.1, 0.15) is 5.75 Å². The largest absolute Gasteiger partial charge is 0.497 e. The van der Waals surface area contributed by atoms with Gasteiger partial charge in [-0.25, -0.2) is 0 Å². The molecule has 1 aliphatic heterocycles. The van der Waals surface area contributed by atoms with Gasteiger partial charge >= 0.3 is 5.97 Å². The van der Waals surface area contributed by atoms with Crippen LogP contribution >= 0.6 is 0 Å². The Bertz CT molecular complexity index is 924. The van der Waals surface area contributed by atoms with Gasteiger partial charge in [-0.05, 0) is 53.8 Å². The molecule has 0 spiro atoms. The standard InChI is InChI=1S/C24H29NO6/c1-28-18-8-5-16(6-9-18)7-10-23(26)25-12-11-17-13-21(29-2)22(30-3)14-19(17)20(25)15-24(27)31-4/h5-6,8-9,13-14,20H,7,10-12,15H2,1-4H3. The van der Waals surface area contributed by atoms with Gasteiger partial charge in [0.15, 0.2) is 11.5 Å². The second-order valence-corrected chi connectivity index (χ2v) is 7.39. The Morgan fingerprint density at radius 1 is 0.968 bits per heavy atom. The number of benzene rings is 2. The van der Waals surface area contributed by atoms with Crippen LogP contribution in [0.2, 0.25) is 0 Å². The Morgan fingerprint density at radius 3 is 2.26 bits per heavy atom. The molecule has 0 N–H and O–H groups in total. The predicted octanol–water partition coefficient (Wildman–Crippen LogP) is 3.33. The molecule has 0 saturated heterocycles. The Balaban J connectivity index is 1.82. The Kier molecular flexibility index (Phi) is 7.39. The van der Waals surface area contributed by atoms with E-state index in [4.69, 9.17) is 18.9 Å². The van der Waals surface area contributed by atoms with Gasteiger partial charge in [-0.2, -0.15) is 0 Å². The molecule has 7 heteroatoms. The van der Waals surface area contributed by atoms with Crippen molar-refractivity contribution in [3.63, 3.8) is 0 Å². The summed E-state index contributed by atoms with van der Waals surface area (Å²) >= 11 is 0. The summed E-state index contributed by atoms with van der Waals surface area (Å²) in [4.78, 5) is 27.1. The zero-order chi connectivity index (χ0) is 22.4. The molecule has 31 heavy (non-hydrogen) atoms. The van der Waals surface area contributed by atoms with E-state index in [2.05, 4.69) is 0 Å². The number of carbonyl (C=O) groups excluding carboxylic acids is 2. The van der Waals surface area contributed by atoms with Crippen LogP contribution in [0.15, 0.2) is 36.4 Å². The van der Waals surface area contributed by atoms with Crippen molar-refractivity contribution in [2.75, 3.05) is 35.0 Å². The molecule has 166 valence electrons. The third-order valence-corrected chi connectivity index (χ3v) is 5.70. The summed E-state index contributed by atoms with van der Waals surface area (Å²) in [5.41, 5.74) is 3.00. The fourth-order valence-corrected chi connectivity index (χ4v) is 3.98. The Hall–Kier alpha value is -3.22. The summed E-state index contributed by atoms with van der Waals surface area (Å²) in [6.07, 6.45) is 1.74. The van der Waals surface area contributed by atoms with Crippen molar-refractivity contribution < 1.29 is 28.5 Å². The second-order valence-electron chi connectivity index (χ2n) is 7.39. The molecule has 2 aromatic carbocycles. The van der Waals surface area contributed by atoms with Crippen LogP contribution in [-0.4, -0.2) is 51.8 Å². The number of nitrogens with zero attached hydrogens (tertiary/aromatic N) is 1. The number of rotatable bonds is 8. The SMILES string of the molecule is COC(=O)CC1c2cc(OC)c(OC)cc2CCN1C(=O)CCc1ccc(OC)cc1. The van der Waals surface area contributed by atoms with E-state index in [1.54, 1.807) is 26.2 Å². The van der Waals surface area contributed by atoms with Gasteiger partial charge < -0.3 is 23.8 Å². The van der Waals surface area contributed by atoms with E-state index in [-0.39, 0.29) is 18.3 Å². The fraction of sp³-hybridized carbons (Fsp3) is 0.417. The molecule has 1 atom stereocenters. The molecule has 1 amide bonds. The lowest BCUT2D eigenvalue weighted by molar-refractivity contribution is -0.144. The summed E-state index contributed by atoms with van der Waals surface area (Å²) in [5, 5.41) is 0. The van der Waals surface area contributed by atoms with Crippen LogP contribution in [-0.2, 0) is 27.2 Å². The molecule has 0 aromatic heterocycles. The molecule has 0 fully saturated rings. The van der Waals surface area contributed by atoms with Crippen molar-refractivity contribution >= 4 is 11.9 Å². The lowest BCUT2D eigenvalue weighted by Crippen LogP contribution is -2.41. The van der Waals surface area contributed by atoms with Crippen LogP contribution in [0.1, 0.15) is 35.6 Å². The molecule has 1 heterocycles. The van der Waals surface area contributed by atoms with E-state index in [0.29, 0.717) is 37.3 Å². The molecule has 0 radical (unpaired) electrons. The van der Waals surface area contributed by atoms with Gasteiger partial charge in [0.25, 0.3) is 0 Å². The predicted molar refractivity (Wildman–Crippen MR) is 116 cm³/mol. The number of amides is 1. The molecular weight excluding hydrogens is 398 g/mol. The summed E-state index contributed by atoms with van der Waals surface area (Å²) < 4.78 is 20.9. The molecule has 0 aliphatic carbocycles. The first kappa shape index (κ1) is 22.5. The highest BCUT2D eigenvalue weighted by Gasteiger charge is 2.33. The summed E-state index contributed by atoms with van der Waals surface area (Å²) in [6.45, 7) is 0.533. The minimum Gasteiger partial charge on any atom is -0.497 e. The summed E-state index contributed by atoms with van der Waals surface area (Å²) in [7, 11) is 6.14. The van der Waals surface area contributed by atoms with Crippen LogP contribution in [0.25, 0.3) is 0 Å². The van der Waals surface area contributed by atoms with Crippen LogP contribution in [0.5, 0.6) is 17.2 Å². The number of ether oxygens (including phenoxy) is 4. The number of hydrogen-bond donors (Lipinski definition) is 0. The zero-order valence-electron chi connectivity index (χ0n) is 18.5. The Labute approximate surface area is 182 Å². The van der Waals surface area contributed by atoms with Crippen molar-refractivity contribution in [1.82, 2.24) is 4.90 Å². The third kappa shape index (κ3) is 5.10. The van der Waals surface area contributed by atoms with Gasteiger partial charge in [0.05, 0.1) is 40.9 Å². The second kappa shape index (κ2) is 10.2. The normalized spacial score (nSPS) is 15.1. The first-order valence-corrected chi connectivity index (χ1v) is 10.2. The maximum atomic E-state index is 13.2. The van der Waals surface area contributed by atoms with Crippen LogP contribution < -0.4 is 14.2 Å². The van der Waals surface area contributed by atoms with Gasteiger partial charge in [-0.1, -0.05) is 12.1 Å². The maximum absolute atomic E-state index is 13.2. The van der Waals surface area contributed by atoms with Crippen molar-refractivity contribution in [2.45, 2.75) is 31.7 Å². The van der Waals surface area contributed by atoms with Crippen molar-refractivity contribution in [3.05, 3.63) is 53.1 Å². The number of aryl methyl sites for hydroxylation is 1. The average molecular weight is 427 g/mol. The fourth-order valence-electron chi connectivity index (χ4n) is 3.98. The van der Waals surface area contributed by atoms with Gasteiger partial charge in [0.2, 0.25) is 5.91 Å². The number of hydrogen-bond acceptors (Lipinski definition) is 6. The van der Waals surface area contributed by atoms with Gasteiger partial charge in [0, 0.05) is 13.0 Å². The molecule has 0 saturated carbocycles. The van der Waals surface area contributed by atoms with Crippen molar-refractivity contribution in [3.8, 4) is 17.2 Å². The molecule has 2 aromatic rings. The average Bonchev–Trinajstić information content (AvgIpc) is 2.81. The number of carbonyl (C=O) groups is 2. The van der Waals surface area contributed by atoms with Gasteiger partial charge in [-0.3, -0.25) is 9.59 Å². The summed E-state index contributed by atoms with van der Waals surface area (Å²) in [5.74, 6) is 1.64. The topological polar surface area (TPSA) is 74.3 Å². The van der Waals surface area contributed by atoms with E-state index < -0.39 is 6.04 Å². The lowest BCUT2D eigenvalue weighted by atomic mass is 9.89. The highest BCUT2D eigenvalue weighted by atomic mass is 16.5. The van der Waals surface area contributed by atoms with E-state index in [1.165, 1.54) is 7.11 Å². The number of methoxy groups -OCH3 is 4. The van der Waals surface area contributed by atoms with Crippen molar-refractivity contribution in [2.24, 2.45) is 0 Å². The van der Waals surface area contributed by atoms with E-state index in [9.17, 15) is 9.59 Å². The molecule has 1 aliphatic rings. The lowest BCUT2D eigenvalue weighted by Gasteiger charge is -2.37. The quantitative estimate of drug-likeness (QED) is 0.602. The first-order chi connectivity index (χ1) is 15.0. The Morgan fingerprint density at radius 2 is 1.65 bits per heavy atom. The maximum Gasteiger partial charge on any atom is 0.307 e. The van der Waals surface area contributed by atoms with E-state index in [0.717, 1.165) is 22.4 Å². The highest BCUT2D eigenvalue weighted by molar-refractivity contribution is 5.79. The number of esters is 1. The van der Waals surface area contributed by atoms with Crippen molar-refractivity contribution in [1.29, 1.82) is 0 Å². The number of fused-ring (bicyclic) bond motifs is 1. The van der Waals surface area contributed by atoms with E-state index in [1.807, 2.05) is 36.4 Å².